The van der Waals surface area contributed by atoms with E-state index in [0.717, 1.165) is 48.7 Å². The Labute approximate surface area is 148 Å². The molecule has 0 fully saturated rings. The normalized spacial score (nSPS) is 17.3. The molecule has 5 heteroatoms. The van der Waals surface area contributed by atoms with E-state index < -0.39 is 0 Å². The second-order valence-electron chi connectivity index (χ2n) is 6.30. The lowest BCUT2D eigenvalue weighted by Gasteiger charge is -2.23. The fraction of sp³-hybridized carbons (Fsp3) is 0.400. The van der Waals surface area contributed by atoms with Gasteiger partial charge in [-0.05, 0) is 42.3 Å². The van der Waals surface area contributed by atoms with Gasteiger partial charge in [-0.25, -0.2) is 0 Å². The van der Waals surface area contributed by atoms with Gasteiger partial charge >= 0.3 is 0 Å². The first-order valence-electron chi connectivity index (χ1n) is 8.54. The lowest BCUT2D eigenvalue weighted by atomic mass is 10.1. The van der Waals surface area contributed by atoms with Crippen LogP contribution in [-0.4, -0.2) is 36.9 Å². The summed E-state index contributed by atoms with van der Waals surface area (Å²) in [4.78, 5) is 2.35. The summed E-state index contributed by atoms with van der Waals surface area (Å²) in [5.74, 6) is 2.42. The van der Waals surface area contributed by atoms with Gasteiger partial charge in [0.1, 0.15) is 17.6 Å². The number of phenols is 1. The molecule has 1 heterocycles. The SMILES string of the molecule is CCC1CN(Cc2ccc(O)c(OC)c2)Cc2cc(OC)ccc2O1. The van der Waals surface area contributed by atoms with E-state index in [4.69, 9.17) is 14.2 Å². The van der Waals surface area contributed by atoms with Gasteiger partial charge in [-0.15, -0.1) is 0 Å². The van der Waals surface area contributed by atoms with Crippen molar-refractivity contribution in [3.05, 3.63) is 47.5 Å². The van der Waals surface area contributed by atoms with E-state index in [1.807, 2.05) is 30.3 Å². The predicted octanol–water partition coefficient (Wildman–Crippen LogP) is 3.58. The number of hydrogen-bond donors (Lipinski definition) is 1. The van der Waals surface area contributed by atoms with Crippen LogP contribution in [0.5, 0.6) is 23.0 Å². The molecule has 2 aromatic carbocycles. The van der Waals surface area contributed by atoms with Gasteiger partial charge in [-0.3, -0.25) is 4.90 Å². The largest absolute Gasteiger partial charge is 0.504 e. The van der Waals surface area contributed by atoms with Gasteiger partial charge < -0.3 is 19.3 Å². The Morgan fingerprint density at radius 1 is 1.16 bits per heavy atom. The average molecular weight is 343 g/mol. The highest BCUT2D eigenvalue weighted by Gasteiger charge is 2.22. The van der Waals surface area contributed by atoms with Crippen molar-refractivity contribution in [1.82, 2.24) is 4.90 Å². The van der Waals surface area contributed by atoms with Crippen LogP contribution in [0.25, 0.3) is 0 Å². The molecule has 0 bridgehead atoms. The third-order valence-corrected chi connectivity index (χ3v) is 4.52. The van der Waals surface area contributed by atoms with Gasteiger partial charge in [0.2, 0.25) is 0 Å². The number of rotatable bonds is 5. The summed E-state index contributed by atoms with van der Waals surface area (Å²) < 4.78 is 16.7. The van der Waals surface area contributed by atoms with E-state index in [0.29, 0.717) is 5.75 Å². The Balaban J connectivity index is 1.85. The maximum absolute atomic E-state index is 9.78. The van der Waals surface area contributed by atoms with E-state index in [2.05, 4.69) is 11.8 Å². The predicted molar refractivity (Wildman–Crippen MR) is 96.5 cm³/mol. The zero-order valence-electron chi connectivity index (χ0n) is 15.0. The van der Waals surface area contributed by atoms with E-state index >= 15 is 0 Å². The van der Waals surface area contributed by atoms with Crippen LogP contribution in [0, 0.1) is 0 Å². The number of benzene rings is 2. The number of aromatic hydroxyl groups is 1. The zero-order chi connectivity index (χ0) is 17.8. The van der Waals surface area contributed by atoms with Crippen LogP contribution < -0.4 is 14.2 Å². The molecule has 1 atom stereocenters. The van der Waals surface area contributed by atoms with E-state index in [-0.39, 0.29) is 11.9 Å². The van der Waals surface area contributed by atoms with Crippen molar-refractivity contribution in [1.29, 1.82) is 0 Å². The molecule has 0 amide bonds. The number of phenolic OH excluding ortho intramolecular Hbond substituents is 1. The zero-order valence-corrected chi connectivity index (χ0v) is 15.0. The molecule has 3 rings (SSSR count). The molecule has 0 spiro atoms. The molecule has 134 valence electrons. The molecule has 1 aliphatic heterocycles. The van der Waals surface area contributed by atoms with Crippen molar-refractivity contribution in [3.8, 4) is 23.0 Å². The molecule has 0 aliphatic carbocycles. The minimum Gasteiger partial charge on any atom is -0.504 e. The third kappa shape index (κ3) is 3.99. The number of fused-ring (bicyclic) bond motifs is 1. The summed E-state index contributed by atoms with van der Waals surface area (Å²) in [6.45, 7) is 4.52. The first-order chi connectivity index (χ1) is 12.1. The molecule has 1 aliphatic rings. The number of hydrogen-bond acceptors (Lipinski definition) is 5. The first-order valence-corrected chi connectivity index (χ1v) is 8.54. The molecule has 0 radical (unpaired) electrons. The van der Waals surface area contributed by atoms with Gasteiger partial charge in [0.15, 0.2) is 11.5 Å². The van der Waals surface area contributed by atoms with Crippen LogP contribution in [0.1, 0.15) is 24.5 Å². The molecule has 2 aromatic rings. The monoisotopic (exact) mass is 343 g/mol. The number of ether oxygens (including phenoxy) is 3. The summed E-state index contributed by atoms with van der Waals surface area (Å²) in [5, 5.41) is 9.78. The Kier molecular flexibility index (Phi) is 5.34. The van der Waals surface area contributed by atoms with Crippen molar-refractivity contribution in [2.45, 2.75) is 32.5 Å². The maximum atomic E-state index is 9.78. The van der Waals surface area contributed by atoms with Gasteiger partial charge in [0.05, 0.1) is 14.2 Å². The lowest BCUT2D eigenvalue weighted by Crippen LogP contribution is -2.32. The van der Waals surface area contributed by atoms with E-state index in [1.165, 1.54) is 0 Å². The number of nitrogens with zero attached hydrogens (tertiary/aromatic N) is 1. The van der Waals surface area contributed by atoms with Crippen molar-refractivity contribution in [2.24, 2.45) is 0 Å². The average Bonchev–Trinajstić information content (AvgIpc) is 2.81. The Bertz CT molecular complexity index is 732. The van der Waals surface area contributed by atoms with Crippen LogP contribution >= 0.6 is 0 Å². The highest BCUT2D eigenvalue weighted by atomic mass is 16.5. The summed E-state index contributed by atoms with van der Waals surface area (Å²) >= 11 is 0. The lowest BCUT2D eigenvalue weighted by molar-refractivity contribution is 0.139. The standard InChI is InChI=1S/C20H25NO4/c1-4-16-13-21(11-14-5-7-18(22)20(9-14)24-3)12-15-10-17(23-2)6-8-19(15)25-16/h5-10,16,22H,4,11-13H2,1-3H3. The van der Waals surface area contributed by atoms with Crippen LogP contribution in [0.2, 0.25) is 0 Å². The van der Waals surface area contributed by atoms with Crippen LogP contribution in [0.15, 0.2) is 36.4 Å². The quantitative estimate of drug-likeness (QED) is 0.899. The molecule has 0 saturated carbocycles. The molecule has 0 saturated heterocycles. The van der Waals surface area contributed by atoms with Gasteiger partial charge in [-0.1, -0.05) is 13.0 Å². The minimum atomic E-state index is 0.147. The molecule has 0 aromatic heterocycles. The smallest absolute Gasteiger partial charge is 0.160 e. The fourth-order valence-electron chi connectivity index (χ4n) is 3.14. The maximum Gasteiger partial charge on any atom is 0.160 e. The molecular formula is C20H25NO4. The van der Waals surface area contributed by atoms with Crippen molar-refractivity contribution < 1.29 is 19.3 Å². The number of methoxy groups -OCH3 is 2. The molecule has 1 unspecified atom stereocenters. The van der Waals surface area contributed by atoms with Crippen LogP contribution in [0.3, 0.4) is 0 Å². The molecule has 1 N–H and O–H groups in total. The fourth-order valence-corrected chi connectivity index (χ4v) is 3.14. The molecule has 5 nitrogen and oxygen atoms in total. The highest BCUT2D eigenvalue weighted by molar-refractivity contribution is 5.43. The minimum absolute atomic E-state index is 0.147. The van der Waals surface area contributed by atoms with Gasteiger partial charge in [-0.2, -0.15) is 0 Å². The van der Waals surface area contributed by atoms with Crippen molar-refractivity contribution >= 4 is 0 Å². The topological polar surface area (TPSA) is 51.2 Å². The highest BCUT2D eigenvalue weighted by Crippen LogP contribution is 2.31. The van der Waals surface area contributed by atoms with Crippen LogP contribution in [-0.2, 0) is 13.1 Å². The first kappa shape index (κ1) is 17.4. The molecule has 25 heavy (non-hydrogen) atoms. The van der Waals surface area contributed by atoms with Gasteiger partial charge in [0, 0.05) is 25.2 Å². The summed E-state index contributed by atoms with van der Waals surface area (Å²) in [6, 6.07) is 11.5. The Morgan fingerprint density at radius 3 is 2.72 bits per heavy atom. The summed E-state index contributed by atoms with van der Waals surface area (Å²) in [7, 11) is 3.24. The summed E-state index contributed by atoms with van der Waals surface area (Å²) in [6.07, 6.45) is 1.09. The Morgan fingerprint density at radius 2 is 2.00 bits per heavy atom. The van der Waals surface area contributed by atoms with Crippen molar-refractivity contribution in [3.63, 3.8) is 0 Å². The third-order valence-electron chi connectivity index (χ3n) is 4.52. The Hall–Kier alpha value is -2.40. The van der Waals surface area contributed by atoms with Crippen LogP contribution in [0.4, 0.5) is 0 Å². The van der Waals surface area contributed by atoms with Gasteiger partial charge in [0.25, 0.3) is 0 Å². The molecular weight excluding hydrogens is 318 g/mol. The van der Waals surface area contributed by atoms with E-state index in [1.54, 1.807) is 20.3 Å². The second-order valence-corrected chi connectivity index (χ2v) is 6.30. The van der Waals surface area contributed by atoms with Crippen molar-refractivity contribution in [2.75, 3.05) is 20.8 Å². The summed E-state index contributed by atoms with van der Waals surface area (Å²) in [5.41, 5.74) is 2.22. The van der Waals surface area contributed by atoms with E-state index in [9.17, 15) is 5.11 Å². The second kappa shape index (κ2) is 7.66.